The summed E-state index contributed by atoms with van der Waals surface area (Å²) in [6, 6.07) is 0. The molecule has 0 saturated heterocycles. The number of nitrogens with zero attached hydrogens (tertiary/aromatic N) is 2. The third-order valence-corrected chi connectivity index (χ3v) is 4.26. The Morgan fingerprint density at radius 3 is 2.43 bits per heavy atom. The minimum absolute atomic E-state index is 0.234. The number of rotatable bonds is 0. The van der Waals surface area contributed by atoms with Crippen molar-refractivity contribution in [2.75, 3.05) is 0 Å². The molecule has 4 nitrogen and oxygen atoms in total. The molecule has 1 aromatic rings. The third-order valence-electron chi connectivity index (χ3n) is 4.26. The van der Waals surface area contributed by atoms with E-state index in [-0.39, 0.29) is 6.09 Å². The molecule has 0 aromatic carbocycles. The van der Waals surface area contributed by atoms with Crippen LogP contribution in [0.3, 0.4) is 0 Å². The Bertz CT molecular complexity index is 587. The molecule has 0 saturated carbocycles. The molecule has 1 aromatic heterocycles. The van der Waals surface area contributed by atoms with Crippen LogP contribution in [0.4, 0.5) is 4.79 Å². The van der Waals surface area contributed by atoms with Crippen LogP contribution in [0.15, 0.2) is 0 Å². The zero-order valence-corrected chi connectivity index (χ0v) is 13.5. The van der Waals surface area contributed by atoms with E-state index in [0.717, 1.165) is 24.2 Å². The van der Waals surface area contributed by atoms with Gasteiger partial charge in [0, 0.05) is 5.69 Å². The first kappa shape index (κ1) is 14.4. The molecular formula is C17H24N2O2. The molecule has 1 aliphatic carbocycles. The van der Waals surface area contributed by atoms with E-state index in [0.29, 0.717) is 13.1 Å². The van der Waals surface area contributed by atoms with E-state index >= 15 is 0 Å². The number of hydrogen-bond donors (Lipinski definition) is 0. The summed E-state index contributed by atoms with van der Waals surface area (Å²) in [4.78, 5) is 18.8. The molecule has 0 radical (unpaired) electrons. The largest absolute Gasteiger partial charge is 0.444 e. The topological polar surface area (TPSA) is 42.4 Å². The maximum atomic E-state index is 12.3. The molecule has 0 bridgehead atoms. The number of fused-ring (bicyclic) bond motifs is 3. The van der Waals surface area contributed by atoms with Crippen LogP contribution >= 0.6 is 0 Å². The number of carbonyl (C=O) groups is 1. The first-order chi connectivity index (χ1) is 9.85. The van der Waals surface area contributed by atoms with Crippen molar-refractivity contribution >= 4 is 6.09 Å². The van der Waals surface area contributed by atoms with Gasteiger partial charge in [-0.25, -0.2) is 4.79 Å². The summed E-state index contributed by atoms with van der Waals surface area (Å²) in [5.74, 6) is 0. The Morgan fingerprint density at radius 2 is 1.76 bits per heavy atom. The van der Waals surface area contributed by atoms with Crippen molar-refractivity contribution in [1.82, 2.24) is 9.88 Å². The van der Waals surface area contributed by atoms with Crippen LogP contribution in [0, 0.1) is 6.92 Å². The van der Waals surface area contributed by atoms with Gasteiger partial charge in [0.05, 0.1) is 18.8 Å². The van der Waals surface area contributed by atoms with Crippen molar-refractivity contribution in [3.05, 3.63) is 28.1 Å². The van der Waals surface area contributed by atoms with E-state index in [1.165, 1.54) is 29.5 Å². The van der Waals surface area contributed by atoms with Gasteiger partial charge in [0.25, 0.3) is 0 Å². The number of aryl methyl sites for hydroxylation is 1. The van der Waals surface area contributed by atoms with Gasteiger partial charge in [-0.05, 0) is 70.1 Å². The lowest BCUT2D eigenvalue weighted by Gasteiger charge is -2.24. The van der Waals surface area contributed by atoms with Crippen molar-refractivity contribution in [3.8, 4) is 0 Å². The van der Waals surface area contributed by atoms with Gasteiger partial charge < -0.3 is 4.74 Å². The highest BCUT2D eigenvalue weighted by atomic mass is 16.6. The second-order valence-electron chi connectivity index (χ2n) is 7.12. The number of amides is 1. The zero-order chi connectivity index (χ0) is 15.2. The predicted molar refractivity (Wildman–Crippen MR) is 81.1 cm³/mol. The Labute approximate surface area is 126 Å². The van der Waals surface area contributed by atoms with E-state index < -0.39 is 5.60 Å². The average molecular weight is 288 g/mol. The second-order valence-corrected chi connectivity index (χ2v) is 7.12. The standard InChI is InChI=1S/C17H24N2O2/c1-11-12-7-5-6-8-13(12)14-9-19(10-15(14)18-11)16(20)21-17(2,3)4/h5-10H2,1-4H3. The van der Waals surface area contributed by atoms with Crippen LogP contribution in [0.25, 0.3) is 0 Å². The van der Waals surface area contributed by atoms with Crippen LogP contribution in [0.1, 0.15) is 61.7 Å². The molecule has 21 heavy (non-hydrogen) atoms. The summed E-state index contributed by atoms with van der Waals surface area (Å²) < 4.78 is 5.49. The second kappa shape index (κ2) is 5.00. The summed E-state index contributed by atoms with van der Waals surface area (Å²) in [6.07, 6.45) is 4.53. The monoisotopic (exact) mass is 288 g/mol. The van der Waals surface area contributed by atoms with Gasteiger partial charge in [-0.15, -0.1) is 0 Å². The van der Waals surface area contributed by atoms with E-state index in [4.69, 9.17) is 9.72 Å². The molecule has 0 unspecified atom stereocenters. The van der Waals surface area contributed by atoms with Gasteiger partial charge in [-0.2, -0.15) is 0 Å². The van der Waals surface area contributed by atoms with Crippen molar-refractivity contribution in [1.29, 1.82) is 0 Å². The van der Waals surface area contributed by atoms with Crippen LogP contribution in [0.5, 0.6) is 0 Å². The highest BCUT2D eigenvalue weighted by Gasteiger charge is 2.32. The molecule has 0 atom stereocenters. The van der Waals surface area contributed by atoms with E-state index in [9.17, 15) is 4.79 Å². The van der Waals surface area contributed by atoms with Crippen molar-refractivity contribution < 1.29 is 9.53 Å². The molecule has 0 fully saturated rings. The number of carbonyl (C=O) groups excluding carboxylic acids is 1. The van der Waals surface area contributed by atoms with Crippen LogP contribution in [-0.2, 0) is 30.7 Å². The first-order valence-corrected chi connectivity index (χ1v) is 7.83. The van der Waals surface area contributed by atoms with Crippen molar-refractivity contribution in [2.45, 2.75) is 72.1 Å². The van der Waals surface area contributed by atoms with Gasteiger partial charge >= 0.3 is 6.09 Å². The van der Waals surface area contributed by atoms with Gasteiger partial charge in [-0.3, -0.25) is 9.88 Å². The quantitative estimate of drug-likeness (QED) is 0.733. The fourth-order valence-corrected chi connectivity index (χ4v) is 3.35. The van der Waals surface area contributed by atoms with Crippen molar-refractivity contribution in [2.24, 2.45) is 0 Å². The maximum absolute atomic E-state index is 12.3. The normalized spacial score (nSPS) is 17.4. The Hall–Kier alpha value is -1.58. The number of hydrogen-bond acceptors (Lipinski definition) is 3. The number of aromatic nitrogens is 1. The van der Waals surface area contributed by atoms with Gasteiger partial charge in [0.15, 0.2) is 0 Å². The minimum Gasteiger partial charge on any atom is -0.444 e. The van der Waals surface area contributed by atoms with Crippen molar-refractivity contribution in [3.63, 3.8) is 0 Å². The average Bonchev–Trinajstić information content (AvgIpc) is 2.81. The predicted octanol–water partition coefficient (Wildman–Crippen LogP) is 3.52. The van der Waals surface area contributed by atoms with Crippen LogP contribution in [0.2, 0.25) is 0 Å². The highest BCUT2D eigenvalue weighted by Crippen LogP contribution is 2.33. The number of ether oxygens (including phenoxy) is 1. The fourth-order valence-electron chi connectivity index (χ4n) is 3.35. The summed E-state index contributed by atoms with van der Waals surface area (Å²) in [5.41, 5.74) is 5.92. The van der Waals surface area contributed by atoms with E-state index in [1.54, 1.807) is 4.90 Å². The summed E-state index contributed by atoms with van der Waals surface area (Å²) >= 11 is 0. The van der Waals surface area contributed by atoms with Gasteiger partial charge in [0.1, 0.15) is 5.60 Å². The third kappa shape index (κ3) is 2.76. The molecular weight excluding hydrogens is 264 g/mol. The first-order valence-electron chi connectivity index (χ1n) is 7.83. The molecule has 1 aliphatic heterocycles. The molecule has 4 heteroatoms. The number of pyridine rings is 1. The van der Waals surface area contributed by atoms with Gasteiger partial charge in [-0.1, -0.05) is 0 Å². The lowest BCUT2D eigenvalue weighted by Crippen LogP contribution is -2.33. The molecule has 2 heterocycles. The highest BCUT2D eigenvalue weighted by molar-refractivity contribution is 5.69. The maximum Gasteiger partial charge on any atom is 0.410 e. The Morgan fingerprint density at radius 1 is 1.10 bits per heavy atom. The summed E-state index contributed by atoms with van der Waals surface area (Å²) in [6.45, 7) is 9.04. The van der Waals surface area contributed by atoms with E-state index in [1.807, 2.05) is 20.8 Å². The smallest absolute Gasteiger partial charge is 0.410 e. The lowest BCUT2D eigenvalue weighted by atomic mass is 9.87. The molecule has 0 N–H and O–H groups in total. The van der Waals surface area contributed by atoms with Crippen LogP contribution in [-0.4, -0.2) is 21.6 Å². The molecule has 2 aliphatic rings. The zero-order valence-electron chi connectivity index (χ0n) is 13.5. The Kier molecular flexibility index (Phi) is 3.42. The van der Waals surface area contributed by atoms with Crippen LogP contribution < -0.4 is 0 Å². The molecule has 0 spiro atoms. The SMILES string of the molecule is Cc1nc2c(c3c1CCCC3)CN(C(=O)OC(C)(C)C)C2. The molecule has 3 rings (SSSR count). The summed E-state index contributed by atoms with van der Waals surface area (Å²) in [5, 5.41) is 0. The lowest BCUT2D eigenvalue weighted by molar-refractivity contribution is 0.0240. The fraction of sp³-hybridized carbons (Fsp3) is 0.647. The summed E-state index contributed by atoms with van der Waals surface area (Å²) in [7, 11) is 0. The minimum atomic E-state index is -0.450. The molecule has 114 valence electrons. The molecule has 1 amide bonds. The van der Waals surface area contributed by atoms with E-state index in [2.05, 4.69) is 6.92 Å². The van der Waals surface area contributed by atoms with Gasteiger partial charge in [0.2, 0.25) is 0 Å². The Balaban J connectivity index is 1.86.